The van der Waals surface area contributed by atoms with Gasteiger partial charge in [-0.3, -0.25) is 0 Å². The summed E-state index contributed by atoms with van der Waals surface area (Å²) in [7, 11) is 0. The van der Waals surface area contributed by atoms with Crippen molar-refractivity contribution in [1.29, 1.82) is 5.26 Å². The summed E-state index contributed by atoms with van der Waals surface area (Å²) in [4.78, 5) is 0. The maximum Gasteiger partial charge on any atom is 0.141 e. The molecule has 0 atom stereocenters. The number of halogens is 3. The highest BCUT2D eigenvalue weighted by atomic mass is 19.1. The van der Waals surface area contributed by atoms with Gasteiger partial charge in [0, 0.05) is 11.5 Å². The normalized spacial score (nSPS) is 11.0. The Morgan fingerprint density at radius 2 is 1.47 bits per heavy atom. The summed E-state index contributed by atoms with van der Waals surface area (Å²) in [6.07, 6.45) is 4.02. The second-order valence-electron chi connectivity index (χ2n) is 8.98. The molecule has 184 valence electrons. The molecule has 4 rings (SSSR count). The minimum Gasteiger partial charge on any atom is -0.493 e. The van der Waals surface area contributed by atoms with Crippen molar-refractivity contribution in [3.8, 4) is 11.8 Å². The maximum absolute atomic E-state index is 15.2. The molecule has 4 aromatic carbocycles. The number of aryl methyl sites for hydroxylation is 4. The van der Waals surface area contributed by atoms with Crippen molar-refractivity contribution in [3.63, 3.8) is 0 Å². The van der Waals surface area contributed by atoms with Gasteiger partial charge >= 0.3 is 0 Å². The highest BCUT2D eigenvalue weighted by Gasteiger charge is 2.11. The SMILES string of the molecule is CCCCOc1ccc(CCc2ccc3c(F)c(CCc4ccc(C#N)c(F)c4)ccc3c2)c(F)c1. The van der Waals surface area contributed by atoms with Crippen molar-refractivity contribution in [2.75, 3.05) is 6.61 Å². The van der Waals surface area contributed by atoms with Crippen molar-refractivity contribution in [1.82, 2.24) is 0 Å². The zero-order valence-corrected chi connectivity index (χ0v) is 20.3. The van der Waals surface area contributed by atoms with Crippen LogP contribution < -0.4 is 4.74 Å². The molecule has 0 aliphatic carbocycles. The lowest BCUT2D eigenvalue weighted by Gasteiger charge is -2.10. The molecule has 0 spiro atoms. The van der Waals surface area contributed by atoms with E-state index in [1.54, 1.807) is 36.4 Å². The molecule has 4 aromatic rings. The third-order valence-corrected chi connectivity index (χ3v) is 6.41. The van der Waals surface area contributed by atoms with E-state index in [9.17, 15) is 8.78 Å². The molecule has 0 aromatic heterocycles. The highest BCUT2D eigenvalue weighted by molar-refractivity contribution is 5.84. The van der Waals surface area contributed by atoms with Gasteiger partial charge in [0.1, 0.15) is 29.3 Å². The molecular weight excluding hydrogens is 459 g/mol. The van der Waals surface area contributed by atoms with Crippen LogP contribution in [0.2, 0.25) is 0 Å². The Labute approximate surface area is 210 Å². The summed E-state index contributed by atoms with van der Waals surface area (Å²) < 4.78 is 49.1. The van der Waals surface area contributed by atoms with Gasteiger partial charge in [0.2, 0.25) is 0 Å². The molecule has 0 amide bonds. The minimum atomic E-state index is -0.558. The van der Waals surface area contributed by atoms with E-state index in [1.807, 2.05) is 18.2 Å². The second-order valence-corrected chi connectivity index (χ2v) is 8.98. The molecular formula is C31H28F3NO. The number of rotatable bonds is 10. The van der Waals surface area contributed by atoms with E-state index in [0.29, 0.717) is 60.1 Å². The van der Waals surface area contributed by atoms with Gasteiger partial charge in [-0.05, 0) is 77.9 Å². The predicted octanol–water partition coefficient (Wildman–Crippen LogP) is 7.88. The smallest absolute Gasteiger partial charge is 0.141 e. The average molecular weight is 488 g/mol. The fourth-order valence-corrected chi connectivity index (χ4v) is 4.25. The van der Waals surface area contributed by atoms with Crippen molar-refractivity contribution in [3.05, 3.63) is 112 Å². The van der Waals surface area contributed by atoms with Crippen molar-refractivity contribution in [2.24, 2.45) is 0 Å². The number of ether oxygens (including phenoxy) is 1. The van der Waals surface area contributed by atoms with Gasteiger partial charge in [0.25, 0.3) is 0 Å². The Kier molecular flexibility index (Phi) is 8.28. The summed E-state index contributed by atoms with van der Waals surface area (Å²) in [6, 6.07) is 20.5. The van der Waals surface area contributed by atoms with Crippen LogP contribution in [0, 0.1) is 28.8 Å². The van der Waals surface area contributed by atoms with E-state index < -0.39 is 5.82 Å². The van der Waals surface area contributed by atoms with E-state index >= 15 is 4.39 Å². The van der Waals surface area contributed by atoms with Crippen LogP contribution in [0.5, 0.6) is 5.75 Å². The van der Waals surface area contributed by atoms with Gasteiger partial charge in [-0.2, -0.15) is 5.26 Å². The van der Waals surface area contributed by atoms with Gasteiger partial charge in [0.15, 0.2) is 0 Å². The van der Waals surface area contributed by atoms with Crippen LogP contribution in [-0.4, -0.2) is 6.61 Å². The molecule has 0 N–H and O–H groups in total. The molecule has 0 heterocycles. The summed E-state index contributed by atoms with van der Waals surface area (Å²) in [5.74, 6) is -0.566. The summed E-state index contributed by atoms with van der Waals surface area (Å²) in [5.41, 5.74) is 2.91. The van der Waals surface area contributed by atoms with Crippen LogP contribution in [0.3, 0.4) is 0 Å². The number of fused-ring (bicyclic) bond motifs is 1. The first kappa shape index (κ1) is 25.3. The van der Waals surface area contributed by atoms with E-state index in [1.165, 1.54) is 18.2 Å². The molecule has 0 bridgehead atoms. The van der Waals surface area contributed by atoms with Gasteiger partial charge in [-0.25, -0.2) is 13.2 Å². The van der Waals surface area contributed by atoms with Gasteiger partial charge in [-0.1, -0.05) is 55.8 Å². The van der Waals surface area contributed by atoms with Crippen molar-refractivity contribution < 1.29 is 17.9 Å². The molecule has 0 saturated heterocycles. The van der Waals surface area contributed by atoms with Gasteiger partial charge < -0.3 is 4.74 Å². The predicted molar refractivity (Wildman–Crippen MR) is 137 cm³/mol. The van der Waals surface area contributed by atoms with Crippen LogP contribution in [0.1, 0.15) is 47.6 Å². The summed E-state index contributed by atoms with van der Waals surface area (Å²) in [5, 5.41) is 10.2. The quantitative estimate of drug-likeness (QED) is 0.213. The molecule has 2 nitrogen and oxygen atoms in total. The first-order chi connectivity index (χ1) is 17.5. The van der Waals surface area contributed by atoms with Crippen LogP contribution in [-0.2, 0) is 25.7 Å². The Morgan fingerprint density at radius 1 is 0.750 bits per heavy atom. The number of nitrogens with zero attached hydrogens (tertiary/aromatic N) is 1. The van der Waals surface area contributed by atoms with Crippen LogP contribution in [0.15, 0.2) is 66.7 Å². The molecule has 0 unspecified atom stereocenters. The Hall–Kier alpha value is -3.78. The summed E-state index contributed by atoms with van der Waals surface area (Å²) >= 11 is 0. The van der Waals surface area contributed by atoms with Crippen molar-refractivity contribution in [2.45, 2.75) is 45.4 Å². The van der Waals surface area contributed by atoms with Crippen LogP contribution in [0.4, 0.5) is 13.2 Å². The minimum absolute atomic E-state index is 0.00242. The van der Waals surface area contributed by atoms with Gasteiger partial charge in [-0.15, -0.1) is 0 Å². The first-order valence-electron chi connectivity index (χ1n) is 12.3. The number of hydrogen-bond donors (Lipinski definition) is 0. The average Bonchev–Trinajstić information content (AvgIpc) is 2.88. The molecule has 36 heavy (non-hydrogen) atoms. The Balaban J connectivity index is 1.41. The largest absolute Gasteiger partial charge is 0.493 e. The third kappa shape index (κ3) is 6.07. The van der Waals surface area contributed by atoms with Crippen LogP contribution >= 0.6 is 0 Å². The molecule has 5 heteroatoms. The monoisotopic (exact) mass is 487 g/mol. The fraction of sp³-hybridized carbons (Fsp3) is 0.258. The lowest BCUT2D eigenvalue weighted by molar-refractivity contribution is 0.307. The fourth-order valence-electron chi connectivity index (χ4n) is 4.25. The zero-order chi connectivity index (χ0) is 25.5. The zero-order valence-electron chi connectivity index (χ0n) is 20.3. The molecule has 0 aliphatic rings. The maximum atomic E-state index is 15.2. The number of hydrogen-bond acceptors (Lipinski definition) is 2. The topological polar surface area (TPSA) is 33.0 Å². The second kappa shape index (κ2) is 11.8. The lowest BCUT2D eigenvalue weighted by atomic mass is 9.97. The van der Waals surface area contributed by atoms with Crippen LogP contribution in [0.25, 0.3) is 10.8 Å². The standard InChI is InChI=1S/C31H28F3NO/c1-2-3-16-36-27-14-13-23(30(33)19-27)8-4-21-7-15-28-25(17-21)12-11-24(31(28)34)9-5-22-6-10-26(20-35)29(32)18-22/h6-7,10-15,17-19H,2-5,8-9,16H2,1H3. The Bertz CT molecular complexity index is 1410. The molecule has 0 fully saturated rings. The van der Waals surface area contributed by atoms with E-state index in [0.717, 1.165) is 23.8 Å². The Morgan fingerprint density at radius 3 is 2.19 bits per heavy atom. The van der Waals surface area contributed by atoms with Crippen molar-refractivity contribution >= 4 is 10.8 Å². The molecule has 0 radical (unpaired) electrons. The number of unbranched alkanes of at least 4 members (excludes halogenated alkanes) is 1. The van der Waals surface area contributed by atoms with E-state index in [-0.39, 0.29) is 17.2 Å². The molecule has 0 aliphatic heterocycles. The van der Waals surface area contributed by atoms with E-state index in [4.69, 9.17) is 10.00 Å². The summed E-state index contributed by atoms with van der Waals surface area (Å²) in [6.45, 7) is 2.66. The first-order valence-corrected chi connectivity index (χ1v) is 12.3. The number of nitriles is 1. The van der Waals surface area contributed by atoms with Gasteiger partial charge in [0.05, 0.1) is 12.2 Å². The lowest BCUT2D eigenvalue weighted by Crippen LogP contribution is -2.00. The highest BCUT2D eigenvalue weighted by Crippen LogP contribution is 2.25. The number of benzene rings is 4. The molecule has 0 saturated carbocycles. The van der Waals surface area contributed by atoms with E-state index in [2.05, 4.69) is 6.92 Å². The third-order valence-electron chi connectivity index (χ3n) is 6.41.